The van der Waals surface area contributed by atoms with Gasteiger partial charge in [-0.2, -0.15) is 0 Å². The highest BCUT2D eigenvalue weighted by Crippen LogP contribution is 2.36. The summed E-state index contributed by atoms with van der Waals surface area (Å²) >= 11 is 0. The summed E-state index contributed by atoms with van der Waals surface area (Å²) in [4.78, 5) is 16.3. The van der Waals surface area contributed by atoms with E-state index in [9.17, 15) is 9.90 Å². The van der Waals surface area contributed by atoms with Crippen LogP contribution >= 0.6 is 0 Å². The number of carbonyl (C=O) groups is 1. The Bertz CT molecular complexity index is 707. The summed E-state index contributed by atoms with van der Waals surface area (Å²) in [6.07, 6.45) is 9.03. The van der Waals surface area contributed by atoms with E-state index in [1.54, 1.807) is 0 Å². The van der Waals surface area contributed by atoms with Crippen molar-refractivity contribution < 1.29 is 9.90 Å². The molecule has 174 valence electrons. The molecule has 1 aliphatic carbocycles. The zero-order chi connectivity index (χ0) is 22.4. The average molecular weight is 430 g/mol. The predicted molar refractivity (Wildman–Crippen MR) is 130 cm³/mol. The number of nitrogens with one attached hydrogen (secondary N) is 1. The van der Waals surface area contributed by atoms with E-state index in [2.05, 4.69) is 54.2 Å². The van der Waals surface area contributed by atoms with Crippen molar-refractivity contribution in [1.29, 1.82) is 0 Å². The van der Waals surface area contributed by atoms with Crippen LogP contribution in [0.1, 0.15) is 83.6 Å². The molecule has 5 heteroatoms. The molecule has 1 heterocycles. The first-order valence-corrected chi connectivity index (χ1v) is 12.4. The van der Waals surface area contributed by atoms with Gasteiger partial charge < -0.3 is 20.2 Å². The normalized spacial score (nSPS) is 20.0. The second-order valence-electron chi connectivity index (χ2n) is 10.3. The first-order valence-electron chi connectivity index (χ1n) is 12.4. The lowest BCUT2D eigenvalue weighted by atomic mass is 9.91. The molecule has 0 bridgehead atoms. The number of hydrogen-bond acceptors (Lipinski definition) is 4. The standard InChI is InChI=1S/C26H43N3O2/c1-19(2)18-29(23-8-6-5-7-9-23)25-11-10-21(20(3)16-26(30)31)17-24(25)27-22-12-14-28(4)15-13-22/h10-11,17,19-20,22-23,27H,5-9,12-16,18H2,1-4H3,(H,30,31). The molecule has 3 rings (SSSR count). The number of likely N-dealkylation sites (tertiary alicyclic amines) is 1. The minimum Gasteiger partial charge on any atom is -0.481 e. The number of rotatable bonds is 9. The smallest absolute Gasteiger partial charge is 0.303 e. The van der Waals surface area contributed by atoms with Crippen LogP contribution < -0.4 is 10.2 Å². The van der Waals surface area contributed by atoms with Crippen LogP contribution in [0.15, 0.2) is 18.2 Å². The second kappa shape index (κ2) is 11.2. The number of hydrogen-bond donors (Lipinski definition) is 2. The quantitative estimate of drug-likeness (QED) is 0.538. The molecule has 5 nitrogen and oxygen atoms in total. The van der Waals surface area contributed by atoms with E-state index in [1.165, 1.54) is 43.5 Å². The fourth-order valence-corrected chi connectivity index (χ4v) is 5.21. The van der Waals surface area contributed by atoms with E-state index < -0.39 is 5.97 Å². The Balaban J connectivity index is 1.92. The molecular formula is C26H43N3O2. The lowest BCUT2D eigenvalue weighted by Gasteiger charge is -2.39. The summed E-state index contributed by atoms with van der Waals surface area (Å²) in [7, 11) is 2.20. The van der Waals surface area contributed by atoms with Crippen LogP contribution in [-0.4, -0.2) is 54.7 Å². The third kappa shape index (κ3) is 6.86. The van der Waals surface area contributed by atoms with Gasteiger partial charge in [-0.05, 0) is 75.4 Å². The summed E-state index contributed by atoms with van der Waals surface area (Å²) in [5.74, 6) is -0.119. The summed E-state index contributed by atoms with van der Waals surface area (Å²) < 4.78 is 0. The molecule has 1 saturated carbocycles. The van der Waals surface area contributed by atoms with Crippen molar-refractivity contribution in [1.82, 2.24) is 4.90 Å². The van der Waals surface area contributed by atoms with E-state index in [1.807, 2.05) is 6.92 Å². The Hall–Kier alpha value is -1.75. The van der Waals surface area contributed by atoms with E-state index in [4.69, 9.17) is 0 Å². The minimum atomic E-state index is -0.731. The van der Waals surface area contributed by atoms with Gasteiger partial charge in [0.1, 0.15) is 0 Å². The number of nitrogens with zero attached hydrogens (tertiary/aromatic N) is 2. The fraction of sp³-hybridized carbons (Fsp3) is 0.731. The zero-order valence-corrected chi connectivity index (χ0v) is 20.1. The van der Waals surface area contributed by atoms with Crippen LogP contribution in [0.3, 0.4) is 0 Å². The highest BCUT2D eigenvalue weighted by molar-refractivity contribution is 5.73. The summed E-state index contributed by atoms with van der Waals surface area (Å²) in [5.41, 5.74) is 3.64. The van der Waals surface area contributed by atoms with Crippen LogP contribution in [0.5, 0.6) is 0 Å². The Morgan fingerprint density at radius 1 is 1.13 bits per heavy atom. The van der Waals surface area contributed by atoms with E-state index in [-0.39, 0.29) is 12.3 Å². The molecule has 1 aromatic rings. The number of benzene rings is 1. The molecule has 2 aliphatic rings. The van der Waals surface area contributed by atoms with E-state index >= 15 is 0 Å². The molecule has 31 heavy (non-hydrogen) atoms. The molecule has 0 amide bonds. The van der Waals surface area contributed by atoms with Crippen molar-refractivity contribution in [2.45, 2.75) is 90.1 Å². The van der Waals surface area contributed by atoms with Gasteiger partial charge in [-0.15, -0.1) is 0 Å². The molecule has 2 N–H and O–H groups in total. The van der Waals surface area contributed by atoms with E-state index in [0.717, 1.165) is 38.0 Å². The molecule has 0 radical (unpaired) electrons. The van der Waals surface area contributed by atoms with Crippen molar-refractivity contribution >= 4 is 17.3 Å². The minimum absolute atomic E-state index is 0.0119. The third-order valence-electron chi connectivity index (χ3n) is 7.04. The van der Waals surface area contributed by atoms with Crippen LogP contribution in [0, 0.1) is 5.92 Å². The number of piperidine rings is 1. The zero-order valence-electron chi connectivity index (χ0n) is 20.1. The summed E-state index contributed by atoms with van der Waals surface area (Å²) in [6, 6.07) is 7.77. The van der Waals surface area contributed by atoms with Gasteiger partial charge in [0, 0.05) is 18.6 Å². The maximum Gasteiger partial charge on any atom is 0.303 e. The van der Waals surface area contributed by atoms with Crippen molar-refractivity contribution in [3.05, 3.63) is 23.8 Å². The molecule has 1 atom stereocenters. The highest BCUT2D eigenvalue weighted by Gasteiger charge is 2.26. The van der Waals surface area contributed by atoms with Crippen molar-refractivity contribution in [2.75, 3.05) is 36.9 Å². The summed E-state index contributed by atoms with van der Waals surface area (Å²) in [5, 5.41) is 13.2. The topological polar surface area (TPSA) is 55.8 Å². The van der Waals surface area contributed by atoms with Gasteiger partial charge >= 0.3 is 5.97 Å². The van der Waals surface area contributed by atoms with Crippen molar-refractivity contribution in [2.24, 2.45) is 5.92 Å². The third-order valence-corrected chi connectivity index (χ3v) is 7.04. The molecule has 1 saturated heterocycles. The van der Waals surface area contributed by atoms with Gasteiger partial charge in [0.15, 0.2) is 0 Å². The second-order valence-corrected chi connectivity index (χ2v) is 10.3. The molecule has 1 aliphatic heterocycles. The van der Waals surface area contributed by atoms with Crippen LogP contribution in [-0.2, 0) is 4.79 Å². The van der Waals surface area contributed by atoms with Gasteiger partial charge in [0.05, 0.1) is 17.8 Å². The monoisotopic (exact) mass is 429 g/mol. The van der Waals surface area contributed by atoms with E-state index in [0.29, 0.717) is 18.0 Å². The van der Waals surface area contributed by atoms with Gasteiger partial charge in [-0.1, -0.05) is 46.1 Å². The molecule has 0 aromatic heterocycles. The molecular weight excluding hydrogens is 386 g/mol. The maximum atomic E-state index is 11.3. The van der Waals surface area contributed by atoms with Gasteiger partial charge in [0.25, 0.3) is 0 Å². The first kappa shape index (κ1) is 23.9. The lowest BCUT2D eigenvalue weighted by molar-refractivity contribution is -0.137. The van der Waals surface area contributed by atoms with Gasteiger partial charge in [-0.3, -0.25) is 4.79 Å². The predicted octanol–water partition coefficient (Wildman–Crippen LogP) is 5.57. The van der Waals surface area contributed by atoms with Crippen molar-refractivity contribution in [3.8, 4) is 0 Å². The molecule has 2 fully saturated rings. The largest absolute Gasteiger partial charge is 0.481 e. The lowest BCUT2D eigenvalue weighted by Crippen LogP contribution is -2.41. The Morgan fingerprint density at radius 2 is 1.81 bits per heavy atom. The average Bonchev–Trinajstić information content (AvgIpc) is 2.74. The Kier molecular flexibility index (Phi) is 8.65. The number of carboxylic acids is 1. The Labute approximate surface area is 189 Å². The first-order chi connectivity index (χ1) is 14.8. The number of aliphatic carboxylic acids is 1. The molecule has 1 aromatic carbocycles. The number of carboxylic acid groups (broad SMARTS) is 1. The van der Waals surface area contributed by atoms with Crippen LogP contribution in [0.25, 0.3) is 0 Å². The van der Waals surface area contributed by atoms with Crippen LogP contribution in [0.4, 0.5) is 11.4 Å². The molecule has 0 spiro atoms. The van der Waals surface area contributed by atoms with Crippen LogP contribution in [0.2, 0.25) is 0 Å². The summed E-state index contributed by atoms with van der Waals surface area (Å²) in [6.45, 7) is 9.96. The Morgan fingerprint density at radius 3 is 2.42 bits per heavy atom. The van der Waals surface area contributed by atoms with Crippen molar-refractivity contribution in [3.63, 3.8) is 0 Å². The van der Waals surface area contributed by atoms with Gasteiger partial charge in [-0.25, -0.2) is 0 Å². The van der Waals surface area contributed by atoms with Gasteiger partial charge in [0.2, 0.25) is 0 Å². The number of anilines is 2. The highest BCUT2D eigenvalue weighted by atomic mass is 16.4. The maximum absolute atomic E-state index is 11.3. The SMILES string of the molecule is CC(C)CN(c1ccc(C(C)CC(=O)O)cc1NC1CCN(C)CC1)C1CCCCC1. The molecule has 1 unspecified atom stereocenters. The fourth-order valence-electron chi connectivity index (χ4n) is 5.21.